The van der Waals surface area contributed by atoms with Crippen LogP contribution in [0.5, 0.6) is 0 Å². The van der Waals surface area contributed by atoms with E-state index in [1.54, 1.807) is 0 Å². The Kier molecular flexibility index (Phi) is 2.36. The normalized spacial score (nSPS) is 25.5. The molecule has 0 radical (unpaired) electrons. The zero-order valence-electron chi connectivity index (χ0n) is 8.02. The van der Waals surface area contributed by atoms with E-state index < -0.39 is 0 Å². The second kappa shape index (κ2) is 3.50. The molecule has 1 atom stereocenters. The van der Waals surface area contributed by atoms with Crippen molar-refractivity contribution in [2.45, 2.75) is 32.6 Å². The lowest BCUT2D eigenvalue weighted by Crippen LogP contribution is -2.38. The highest BCUT2D eigenvalue weighted by molar-refractivity contribution is 5.94. The van der Waals surface area contributed by atoms with E-state index in [2.05, 4.69) is 10.9 Å². The molecule has 1 saturated carbocycles. The molecule has 0 aromatic heterocycles. The van der Waals surface area contributed by atoms with Gasteiger partial charge in [0.15, 0.2) is 0 Å². The average Bonchev–Trinajstić information content (AvgIpc) is 2.74. The van der Waals surface area contributed by atoms with Crippen LogP contribution in [0.1, 0.15) is 32.6 Å². The van der Waals surface area contributed by atoms with Crippen molar-refractivity contribution in [1.29, 1.82) is 0 Å². The van der Waals surface area contributed by atoms with Crippen LogP contribution >= 0.6 is 0 Å². The number of hydrogen-bond donors (Lipinski definition) is 2. The van der Waals surface area contributed by atoms with Crippen molar-refractivity contribution in [2.24, 2.45) is 5.92 Å². The van der Waals surface area contributed by atoms with Gasteiger partial charge in [-0.2, -0.15) is 0 Å². The fraction of sp³-hybridized carbons (Fsp3) is 0.700. The van der Waals surface area contributed by atoms with E-state index in [0.29, 0.717) is 0 Å². The molecule has 0 heterocycles. The molecule has 0 aromatic rings. The highest BCUT2D eigenvalue weighted by Crippen LogP contribution is 2.43. The summed E-state index contributed by atoms with van der Waals surface area (Å²) in [6, 6.07) is 0. The summed E-state index contributed by atoms with van der Waals surface area (Å²) in [5.74, 6) is 0.872. The third-order valence-corrected chi connectivity index (χ3v) is 2.96. The van der Waals surface area contributed by atoms with Crippen LogP contribution < -0.4 is 10.9 Å². The van der Waals surface area contributed by atoms with Gasteiger partial charge in [-0.1, -0.05) is 12.5 Å². The highest BCUT2D eigenvalue weighted by atomic mass is 16.2. The van der Waals surface area contributed by atoms with Crippen LogP contribution in [-0.2, 0) is 4.79 Å². The quantitative estimate of drug-likeness (QED) is 0.639. The molecule has 0 saturated heterocycles. The fourth-order valence-corrected chi connectivity index (χ4v) is 2.31. The van der Waals surface area contributed by atoms with Crippen LogP contribution in [0.2, 0.25) is 0 Å². The van der Waals surface area contributed by atoms with Gasteiger partial charge in [0.05, 0.1) is 0 Å². The van der Waals surface area contributed by atoms with Crippen LogP contribution in [0.15, 0.2) is 11.1 Å². The van der Waals surface area contributed by atoms with Crippen molar-refractivity contribution >= 4 is 5.91 Å². The number of fused-ring (bicyclic) bond motifs is 2. The summed E-state index contributed by atoms with van der Waals surface area (Å²) in [5.41, 5.74) is 8.02. The minimum Gasteiger partial charge on any atom is -0.288 e. The zero-order chi connectivity index (χ0) is 9.26. The number of hydrogen-bond acceptors (Lipinski definition) is 2. The molecule has 2 rings (SSSR count). The summed E-state index contributed by atoms with van der Waals surface area (Å²) in [6.07, 6.45) is 4.63. The molecule has 13 heavy (non-hydrogen) atoms. The fourth-order valence-electron chi connectivity index (χ4n) is 2.31. The van der Waals surface area contributed by atoms with E-state index in [1.165, 1.54) is 18.4 Å². The smallest absolute Gasteiger partial charge is 0.261 e. The van der Waals surface area contributed by atoms with Gasteiger partial charge in [-0.25, -0.2) is 5.43 Å². The molecule has 0 spiro atoms. The Labute approximate surface area is 78.6 Å². The van der Waals surface area contributed by atoms with Crippen molar-refractivity contribution in [3.05, 3.63) is 11.1 Å². The number of amides is 1. The highest BCUT2D eigenvalue weighted by Gasteiger charge is 2.32. The molecular formula is C10H16N2O. The van der Waals surface area contributed by atoms with Crippen LogP contribution in [0.25, 0.3) is 0 Å². The van der Waals surface area contributed by atoms with E-state index in [1.807, 2.05) is 6.92 Å². The first-order chi connectivity index (χ1) is 6.31. The first-order valence-corrected chi connectivity index (χ1v) is 5.05. The van der Waals surface area contributed by atoms with Crippen molar-refractivity contribution in [1.82, 2.24) is 10.9 Å². The second-order valence-electron chi connectivity index (χ2n) is 3.88. The van der Waals surface area contributed by atoms with Gasteiger partial charge in [-0.15, -0.1) is 0 Å². The first kappa shape index (κ1) is 8.75. The molecule has 0 aromatic carbocycles. The van der Waals surface area contributed by atoms with Gasteiger partial charge in [0.1, 0.15) is 0 Å². The Bertz CT molecular complexity index is 258. The summed E-state index contributed by atoms with van der Waals surface area (Å²) in [7, 11) is 0. The van der Waals surface area contributed by atoms with Crippen LogP contribution in [0.3, 0.4) is 0 Å². The maximum absolute atomic E-state index is 11.6. The van der Waals surface area contributed by atoms with E-state index in [0.717, 1.165) is 30.9 Å². The van der Waals surface area contributed by atoms with Crippen molar-refractivity contribution < 1.29 is 4.79 Å². The van der Waals surface area contributed by atoms with E-state index in [9.17, 15) is 4.79 Å². The first-order valence-electron chi connectivity index (χ1n) is 5.05. The van der Waals surface area contributed by atoms with Gasteiger partial charge in [-0.05, 0) is 31.6 Å². The third-order valence-electron chi connectivity index (χ3n) is 2.96. The zero-order valence-corrected chi connectivity index (χ0v) is 8.02. The lowest BCUT2D eigenvalue weighted by molar-refractivity contribution is -0.118. The lowest BCUT2D eigenvalue weighted by atomic mass is 9.99. The molecular weight excluding hydrogens is 164 g/mol. The summed E-state index contributed by atoms with van der Waals surface area (Å²) in [6.45, 7) is 2.75. The maximum Gasteiger partial charge on any atom is 0.261 e. The summed E-state index contributed by atoms with van der Waals surface area (Å²) in [5, 5.41) is 0. The topological polar surface area (TPSA) is 41.1 Å². The molecule has 2 aliphatic carbocycles. The van der Waals surface area contributed by atoms with E-state index in [4.69, 9.17) is 0 Å². The standard InChI is InChI=1S/C10H16N2O/c1-2-11-12-10(13)9-6-7-3-4-8(9)5-7/h7,11H,2-6H2,1H3,(H,12,13). The summed E-state index contributed by atoms with van der Waals surface area (Å²) in [4.78, 5) is 11.6. The van der Waals surface area contributed by atoms with Gasteiger partial charge in [0, 0.05) is 12.1 Å². The molecule has 1 fully saturated rings. The molecule has 3 nitrogen and oxygen atoms in total. The maximum atomic E-state index is 11.6. The predicted molar refractivity (Wildman–Crippen MR) is 50.8 cm³/mol. The number of allylic oxidation sites excluding steroid dienone is 1. The molecule has 2 bridgehead atoms. The number of rotatable bonds is 3. The predicted octanol–water partition coefficient (Wildman–Crippen LogP) is 1.13. The molecule has 72 valence electrons. The third kappa shape index (κ3) is 1.61. The van der Waals surface area contributed by atoms with Crippen LogP contribution in [-0.4, -0.2) is 12.5 Å². The van der Waals surface area contributed by atoms with Crippen molar-refractivity contribution in [3.8, 4) is 0 Å². The number of carbonyl (C=O) groups is 1. The minimum absolute atomic E-state index is 0.0963. The van der Waals surface area contributed by atoms with Gasteiger partial charge < -0.3 is 0 Å². The molecule has 2 N–H and O–H groups in total. The Morgan fingerprint density at radius 3 is 2.92 bits per heavy atom. The van der Waals surface area contributed by atoms with Crippen LogP contribution in [0, 0.1) is 5.92 Å². The van der Waals surface area contributed by atoms with E-state index in [-0.39, 0.29) is 5.91 Å². The minimum atomic E-state index is 0.0963. The van der Waals surface area contributed by atoms with Gasteiger partial charge in [0.2, 0.25) is 0 Å². The van der Waals surface area contributed by atoms with Gasteiger partial charge in [-0.3, -0.25) is 10.2 Å². The summed E-state index contributed by atoms with van der Waals surface area (Å²) >= 11 is 0. The second-order valence-corrected chi connectivity index (χ2v) is 3.88. The monoisotopic (exact) mass is 180 g/mol. The number of carbonyl (C=O) groups excluding carboxylic acids is 1. The Hall–Kier alpha value is -0.830. The Morgan fingerprint density at radius 1 is 1.54 bits per heavy atom. The van der Waals surface area contributed by atoms with Crippen molar-refractivity contribution in [3.63, 3.8) is 0 Å². The van der Waals surface area contributed by atoms with Gasteiger partial charge >= 0.3 is 0 Å². The Morgan fingerprint density at radius 2 is 2.38 bits per heavy atom. The molecule has 1 amide bonds. The molecule has 1 unspecified atom stereocenters. The molecule has 2 aliphatic rings. The molecule has 0 aliphatic heterocycles. The number of hydrazine groups is 1. The SMILES string of the molecule is CCNNC(=O)C1=C2CCC(C2)C1. The number of nitrogens with one attached hydrogen (secondary N) is 2. The largest absolute Gasteiger partial charge is 0.288 e. The van der Waals surface area contributed by atoms with Crippen LogP contribution in [0.4, 0.5) is 0 Å². The lowest BCUT2D eigenvalue weighted by Gasteiger charge is -2.11. The molecule has 3 heteroatoms. The Balaban J connectivity index is 1.97. The van der Waals surface area contributed by atoms with Crippen molar-refractivity contribution in [2.75, 3.05) is 6.54 Å². The average molecular weight is 180 g/mol. The summed E-state index contributed by atoms with van der Waals surface area (Å²) < 4.78 is 0. The van der Waals surface area contributed by atoms with E-state index >= 15 is 0 Å². The van der Waals surface area contributed by atoms with Gasteiger partial charge in [0.25, 0.3) is 5.91 Å².